The zero-order valence-electron chi connectivity index (χ0n) is 12.4. The molecule has 5 nitrogen and oxygen atoms in total. The second-order valence-corrected chi connectivity index (χ2v) is 5.56. The maximum atomic E-state index is 6.31. The van der Waals surface area contributed by atoms with E-state index in [1.54, 1.807) is 0 Å². The lowest BCUT2D eigenvalue weighted by Gasteiger charge is -2.11. The van der Waals surface area contributed by atoms with Gasteiger partial charge in [0, 0.05) is 24.2 Å². The van der Waals surface area contributed by atoms with Crippen molar-refractivity contribution in [2.45, 2.75) is 51.6 Å². The molecule has 2 N–H and O–H groups in total. The molecule has 2 heterocycles. The average molecular weight is 283 g/mol. The quantitative estimate of drug-likeness (QED) is 0.877. The number of nitrogens with two attached hydrogens (primary N) is 1. The van der Waals surface area contributed by atoms with E-state index >= 15 is 0 Å². The molecular formula is C16H21N5. The molecule has 0 aromatic carbocycles. The minimum Gasteiger partial charge on any atom is -0.383 e. The molecular weight excluding hydrogens is 262 g/mol. The van der Waals surface area contributed by atoms with Crippen molar-refractivity contribution in [1.29, 1.82) is 0 Å². The van der Waals surface area contributed by atoms with Crippen molar-refractivity contribution in [2.24, 2.45) is 0 Å². The van der Waals surface area contributed by atoms with Crippen LogP contribution in [-0.2, 0) is 13.1 Å². The molecule has 0 unspecified atom stereocenters. The second kappa shape index (κ2) is 5.65. The van der Waals surface area contributed by atoms with E-state index in [0.29, 0.717) is 18.3 Å². The third kappa shape index (κ3) is 2.42. The molecule has 0 spiro atoms. The summed E-state index contributed by atoms with van der Waals surface area (Å²) in [5, 5.41) is 4.31. The molecule has 0 radical (unpaired) electrons. The summed E-state index contributed by atoms with van der Waals surface area (Å²) in [5.41, 5.74) is 8.08. The Kier molecular flexibility index (Phi) is 3.70. The molecule has 1 aliphatic rings. The maximum absolute atomic E-state index is 6.31. The van der Waals surface area contributed by atoms with Gasteiger partial charge in [-0.05, 0) is 19.8 Å². The van der Waals surface area contributed by atoms with E-state index in [9.17, 15) is 0 Å². The van der Waals surface area contributed by atoms with E-state index in [1.165, 1.54) is 25.7 Å². The van der Waals surface area contributed by atoms with Crippen molar-refractivity contribution < 1.29 is 0 Å². The molecule has 110 valence electrons. The summed E-state index contributed by atoms with van der Waals surface area (Å²) in [6.07, 6.45) is 14.2. The van der Waals surface area contributed by atoms with Crippen LogP contribution in [0.2, 0.25) is 0 Å². The number of aryl methyl sites for hydroxylation is 1. The molecule has 2 aromatic heterocycles. The van der Waals surface area contributed by atoms with Gasteiger partial charge in [0.1, 0.15) is 17.3 Å². The summed E-state index contributed by atoms with van der Waals surface area (Å²) in [5.74, 6) is 4.88. The van der Waals surface area contributed by atoms with Gasteiger partial charge >= 0.3 is 0 Å². The smallest absolute Gasteiger partial charge is 0.132 e. The predicted octanol–water partition coefficient (Wildman–Crippen LogP) is 2.64. The van der Waals surface area contributed by atoms with Gasteiger partial charge < -0.3 is 10.3 Å². The monoisotopic (exact) mass is 283 g/mol. The zero-order chi connectivity index (χ0) is 14.8. The first-order valence-corrected chi connectivity index (χ1v) is 7.56. The highest BCUT2D eigenvalue weighted by Gasteiger charge is 2.25. The molecule has 2 aromatic rings. The third-order valence-electron chi connectivity index (χ3n) is 4.24. The Bertz CT molecular complexity index is 667. The first-order chi connectivity index (χ1) is 10.2. The SMILES string of the molecule is C#CCn1c(C2CCCC2)nc(-c2cnn(CC)c2)c1N. The summed E-state index contributed by atoms with van der Waals surface area (Å²) in [6, 6.07) is 0. The number of aromatic nitrogens is 4. The van der Waals surface area contributed by atoms with Gasteiger partial charge in [0.25, 0.3) is 0 Å². The molecule has 5 heteroatoms. The minimum absolute atomic E-state index is 0.479. The molecule has 0 saturated heterocycles. The molecule has 0 atom stereocenters. The Morgan fingerprint density at radius 2 is 2.19 bits per heavy atom. The maximum Gasteiger partial charge on any atom is 0.132 e. The highest BCUT2D eigenvalue weighted by molar-refractivity contribution is 5.70. The Balaban J connectivity index is 2.04. The lowest BCUT2D eigenvalue weighted by atomic mass is 10.1. The Hall–Kier alpha value is -2.22. The van der Waals surface area contributed by atoms with Crippen molar-refractivity contribution in [2.75, 3.05) is 5.73 Å². The second-order valence-electron chi connectivity index (χ2n) is 5.56. The molecule has 3 rings (SSSR count). The van der Waals surface area contributed by atoms with Crippen LogP contribution in [0.25, 0.3) is 11.3 Å². The van der Waals surface area contributed by atoms with Crippen LogP contribution < -0.4 is 5.73 Å². The van der Waals surface area contributed by atoms with E-state index in [4.69, 9.17) is 17.1 Å². The lowest BCUT2D eigenvalue weighted by Crippen LogP contribution is -2.09. The number of anilines is 1. The highest BCUT2D eigenvalue weighted by Crippen LogP contribution is 2.37. The molecule has 0 amide bonds. The Morgan fingerprint density at radius 3 is 2.81 bits per heavy atom. The standard InChI is InChI=1S/C16H21N5/c1-3-9-21-15(17)14(13-10-18-20(4-2)11-13)19-16(21)12-7-5-6-8-12/h1,10-12H,4-9,17H2,2H3. The van der Waals surface area contributed by atoms with Gasteiger partial charge in [-0.25, -0.2) is 4.98 Å². The minimum atomic E-state index is 0.479. The van der Waals surface area contributed by atoms with Crippen LogP contribution in [0.4, 0.5) is 5.82 Å². The van der Waals surface area contributed by atoms with Crippen molar-refractivity contribution in [3.8, 4) is 23.6 Å². The summed E-state index contributed by atoms with van der Waals surface area (Å²) < 4.78 is 3.87. The highest BCUT2D eigenvalue weighted by atomic mass is 15.3. The molecule has 1 aliphatic carbocycles. The number of imidazole rings is 1. The first kappa shape index (κ1) is 13.7. The summed E-state index contributed by atoms with van der Waals surface area (Å²) in [4.78, 5) is 4.82. The Labute approximate surface area is 125 Å². The Morgan fingerprint density at radius 1 is 1.43 bits per heavy atom. The number of rotatable bonds is 4. The van der Waals surface area contributed by atoms with Gasteiger partial charge in [-0.15, -0.1) is 6.42 Å². The molecule has 1 fully saturated rings. The van der Waals surface area contributed by atoms with Gasteiger partial charge in [0.15, 0.2) is 0 Å². The molecule has 0 aliphatic heterocycles. The van der Waals surface area contributed by atoms with Gasteiger partial charge in [-0.3, -0.25) is 4.68 Å². The van der Waals surface area contributed by atoms with Crippen molar-refractivity contribution in [3.05, 3.63) is 18.2 Å². The lowest BCUT2D eigenvalue weighted by molar-refractivity contribution is 0.622. The van der Waals surface area contributed by atoms with Crippen LogP contribution in [0.5, 0.6) is 0 Å². The van der Waals surface area contributed by atoms with E-state index in [-0.39, 0.29) is 0 Å². The van der Waals surface area contributed by atoms with Crippen LogP contribution in [0.15, 0.2) is 12.4 Å². The van der Waals surface area contributed by atoms with Crippen LogP contribution >= 0.6 is 0 Å². The largest absolute Gasteiger partial charge is 0.383 e. The van der Waals surface area contributed by atoms with Gasteiger partial charge in [0.2, 0.25) is 0 Å². The van der Waals surface area contributed by atoms with Crippen molar-refractivity contribution >= 4 is 5.82 Å². The van der Waals surface area contributed by atoms with E-state index in [2.05, 4.69) is 17.9 Å². The number of hydrogen-bond donors (Lipinski definition) is 1. The number of nitrogens with zero attached hydrogens (tertiary/aromatic N) is 4. The fourth-order valence-corrected chi connectivity index (χ4v) is 3.11. The topological polar surface area (TPSA) is 61.7 Å². The molecule has 21 heavy (non-hydrogen) atoms. The summed E-state index contributed by atoms with van der Waals surface area (Å²) in [6.45, 7) is 3.37. The van der Waals surface area contributed by atoms with Crippen LogP contribution in [-0.4, -0.2) is 19.3 Å². The fraction of sp³-hybridized carbons (Fsp3) is 0.500. The van der Waals surface area contributed by atoms with Gasteiger partial charge in [-0.2, -0.15) is 5.10 Å². The van der Waals surface area contributed by atoms with Crippen LogP contribution in [0, 0.1) is 12.3 Å². The van der Waals surface area contributed by atoms with Gasteiger partial charge in [-0.1, -0.05) is 18.8 Å². The summed E-state index contributed by atoms with van der Waals surface area (Å²) in [7, 11) is 0. The van der Waals surface area contributed by atoms with Gasteiger partial charge in [0.05, 0.1) is 12.7 Å². The van der Waals surface area contributed by atoms with E-state index < -0.39 is 0 Å². The van der Waals surface area contributed by atoms with E-state index in [1.807, 2.05) is 21.6 Å². The van der Waals surface area contributed by atoms with E-state index in [0.717, 1.165) is 23.6 Å². The normalized spacial score (nSPS) is 15.4. The summed E-state index contributed by atoms with van der Waals surface area (Å²) >= 11 is 0. The molecule has 1 saturated carbocycles. The number of nitrogen functional groups attached to an aromatic ring is 1. The average Bonchev–Trinajstić information content (AvgIpc) is 3.20. The van der Waals surface area contributed by atoms with Crippen LogP contribution in [0.3, 0.4) is 0 Å². The number of hydrogen-bond acceptors (Lipinski definition) is 3. The number of terminal acetylenes is 1. The van der Waals surface area contributed by atoms with Crippen molar-refractivity contribution in [3.63, 3.8) is 0 Å². The molecule has 0 bridgehead atoms. The third-order valence-corrected chi connectivity index (χ3v) is 4.24. The van der Waals surface area contributed by atoms with Crippen LogP contribution in [0.1, 0.15) is 44.3 Å². The predicted molar refractivity (Wildman–Crippen MR) is 83.6 cm³/mol. The first-order valence-electron chi connectivity index (χ1n) is 7.56. The fourth-order valence-electron chi connectivity index (χ4n) is 3.11. The zero-order valence-corrected chi connectivity index (χ0v) is 12.4. The van der Waals surface area contributed by atoms with Crippen molar-refractivity contribution in [1.82, 2.24) is 19.3 Å².